The quantitative estimate of drug-likeness (QED) is 0.937. The number of hydrogen-bond acceptors (Lipinski definition) is 3. The Bertz CT molecular complexity index is 875. The summed E-state index contributed by atoms with van der Waals surface area (Å²) in [5.41, 5.74) is 4.95. The molecule has 128 valence electrons. The number of rotatable bonds is 3. The molecule has 0 saturated heterocycles. The SMILES string of the molecule is Cc1ccc2c(c1C)OCC2NC(=O)CN1Cc2ccccc2C1=O. The predicted molar refractivity (Wildman–Crippen MR) is 93.5 cm³/mol. The third-order valence-electron chi connectivity index (χ3n) is 5.04. The molecule has 2 aliphatic heterocycles. The van der Waals surface area contributed by atoms with Gasteiger partial charge in [-0.05, 0) is 36.6 Å². The van der Waals surface area contributed by atoms with E-state index in [4.69, 9.17) is 4.74 Å². The maximum absolute atomic E-state index is 12.5. The van der Waals surface area contributed by atoms with Crippen molar-refractivity contribution in [3.05, 3.63) is 64.2 Å². The van der Waals surface area contributed by atoms with E-state index in [1.54, 1.807) is 4.90 Å². The number of benzene rings is 2. The smallest absolute Gasteiger partial charge is 0.254 e. The molecule has 1 N–H and O–H groups in total. The second-order valence-corrected chi connectivity index (χ2v) is 6.68. The highest BCUT2D eigenvalue weighted by Crippen LogP contribution is 2.36. The third kappa shape index (κ3) is 2.65. The summed E-state index contributed by atoms with van der Waals surface area (Å²) in [6.07, 6.45) is 0. The van der Waals surface area contributed by atoms with Crippen molar-refractivity contribution in [2.24, 2.45) is 0 Å². The number of aryl methyl sites for hydroxylation is 1. The van der Waals surface area contributed by atoms with Crippen molar-refractivity contribution in [3.8, 4) is 5.75 Å². The van der Waals surface area contributed by atoms with Crippen LogP contribution in [0.15, 0.2) is 36.4 Å². The molecular formula is C20H20N2O3. The highest BCUT2D eigenvalue weighted by Gasteiger charge is 2.31. The van der Waals surface area contributed by atoms with Crippen LogP contribution in [-0.2, 0) is 11.3 Å². The molecule has 2 aliphatic rings. The summed E-state index contributed by atoms with van der Waals surface area (Å²) in [7, 11) is 0. The van der Waals surface area contributed by atoms with E-state index in [2.05, 4.69) is 5.32 Å². The van der Waals surface area contributed by atoms with Crippen LogP contribution in [0.1, 0.15) is 38.7 Å². The lowest BCUT2D eigenvalue weighted by Crippen LogP contribution is -2.39. The first-order chi connectivity index (χ1) is 12.0. The van der Waals surface area contributed by atoms with Crippen LogP contribution in [0.2, 0.25) is 0 Å². The summed E-state index contributed by atoms with van der Waals surface area (Å²) in [6, 6.07) is 11.4. The number of fused-ring (bicyclic) bond motifs is 2. The molecule has 25 heavy (non-hydrogen) atoms. The summed E-state index contributed by atoms with van der Waals surface area (Å²) in [5.74, 6) is 0.621. The molecule has 5 nitrogen and oxygen atoms in total. The van der Waals surface area contributed by atoms with Crippen LogP contribution in [0.3, 0.4) is 0 Å². The second-order valence-electron chi connectivity index (χ2n) is 6.68. The number of carbonyl (C=O) groups excluding carboxylic acids is 2. The Morgan fingerprint density at radius 1 is 1.24 bits per heavy atom. The molecule has 1 atom stereocenters. The molecule has 1 unspecified atom stereocenters. The molecule has 0 saturated carbocycles. The van der Waals surface area contributed by atoms with Crippen molar-refractivity contribution < 1.29 is 14.3 Å². The maximum atomic E-state index is 12.5. The average molecular weight is 336 g/mol. The van der Waals surface area contributed by atoms with E-state index in [1.165, 1.54) is 5.56 Å². The predicted octanol–water partition coefficient (Wildman–Crippen LogP) is 2.51. The Morgan fingerprint density at radius 3 is 2.84 bits per heavy atom. The van der Waals surface area contributed by atoms with Gasteiger partial charge in [0.1, 0.15) is 18.9 Å². The van der Waals surface area contributed by atoms with Crippen LogP contribution in [0.5, 0.6) is 5.75 Å². The average Bonchev–Trinajstić information content (AvgIpc) is 3.14. The van der Waals surface area contributed by atoms with E-state index in [0.717, 1.165) is 22.4 Å². The van der Waals surface area contributed by atoms with Crippen molar-refractivity contribution in [1.82, 2.24) is 10.2 Å². The highest BCUT2D eigenvalue weighted by atomic mass is 16.5. The zero-order valence-corrected chi connectivity index (χ0v) is 14.3. The first-order valence-corrected chi connectivity index (χ1v) is 8.44. The first kappa shape index (κ1) is 15.7. The van der Waals surface area contributed by atoms with Crippen LogP contribution >= 0.6 is 0 Å². The van der Waals surface area contributed by atoms with Gasteiger partial charge in [0, 0.05) is 17.7 Å². The molecule has 0 radical (unpaired) electrons. The minimum absolute atomic E-state index is 0.0597. The first-order valence-electron chi connectivity index (χ1n) is 8.44. The Balaban J connectivity index is 1.44. The fourth-order valence-electron chi connectivity index (χ4n) is 3.51. The van der Waals surface area contributed by atoms with Crippen LogP contribution in [-0.4, -0.2) is 29.9 Å². The van der Waals surface area contributed by atoms with Crippen molar-refractivity contribution in [3.63, 3.8) is 0 Å². The third-order valence-corrected chi connectivity index (χ3v) is 5.04. The fourth-order valence-corrected chi connectivity index (χ4v) is 3.51. The van der Waals surface area contributed by atoms with Crippen molar-refractivity contribution in [2.75, 3.05) is 13.2 Å². The van der Waals surface area contributed by atoms with E-state index in [9.17, 15) is 9.59 Å². The number of ether oxygens (including phenoxy) is 1. The van der Waals surface area contributed by atoms with Crippen LogP contribution in [0, 0.1) is 13.8 Å². The largest absolute Gasteiger partial charge is 0.490 e. The zero-order valence-electron chi connectivity index (χ0n) is 14.3. The summed E-state index contributed by atoms with van der Waals surface area (Å²) >= 11 is 0. The lowest BCUT2D eigenvalue weighted by Gasteiger charge is -2.17. The van der Waals surface area contributed by atoms with Gasteiger partial charge in [0.25, 0.3) is 5.91 Å². The molecule has 0 bridgehead atoms. The van der Waals surface area contributed by atoms with Crippen molar-refractivity contribution in [1.29, 1.82) is 0 Å². The highest BCUT2D eigenvalue weighted by molar-refractivity contribution is 6.00. The molecule has 2 heterocycles. The molecule has 0 aliphatic carbocycles. The lowest BCUT2D eigenvalue weighted by atomic mass is 10.0. The van der Waals surface area contributed by atoms with E-state index < -0.39 is 0 Å². The second kappa shape index (κ2) is 5.92. The topological polar surface area (TPSA) is 58.6 Å². The van der Waals surface area contributed by atoms with Gasteiger partial charge in [-0.15, -0.1) is 0 Å². The van der Waals surface area contributed by atoms with E-state index in [0.29, 0.717) is 18.7 Å². The van der Waals surface area contributed by atoms with Gasteiger partial charge in [0.05, 0.1) is 6.04 Å². The van der Waals surface area contributed by atoms with Gasteiger partial charge >= 0.3 is 0 Å². The number of nitrogens with one attached hydrogen (secondary N) is 1. The molecule has 0 fully saturated rings. The van der Waals surface area contributed by atoms with Crippen LogP contribution in [0.4, 0.5) is 0 Å². The minimum atomic E-state index is -0.166. The molecule has 4 rings (SSSR count). The van der Waals surface area contributed by atoms with Gasteiger partial charge in [-0.1, -0.05) is 30.3 Å². The standard InChI is InChI=1S/C20H20N2O3/c1-12-7-8-16-17(11-25-19(16)13(12)2)21-18(23)10-22-9-14-5-3-4-6-15(14)20(22)24/h3-8,17H,9-11H2,1-2H3,(H,21,23). The van der Waals surface area contributed by atoms with Crippen molar-refractivity contribution >= 4 is 11.8 Å². The lowest BCUT2D eigenvalue weighted by molar-refractivity contribution is -0.122. The van der Waals surface area contributed by atoms with Crippen LogP contribution in [0.25, 0.3) is 0 Å². The van der Waals surface area contributed by atoms with Gasteiger partial charge in [-0.3, -0.25) is 9.59 Å². The van der Waals surface area contributed by atoms with Gasteiger partial charge in [0.2, 0.25) is 5.91 Å². The number of hydrogen-bond donors (Lipinski definition) is 1. The van der Waals surface area contributed by atoms with Gasteiger partial charge < -0.3 is 15.0 Å². The summed E-state index contributed by atoms with van der Waals surface area (Å²) in [5, 5.41) is 3.00. The molecule has 5 heteroatoms. The zero-order chi connectivity index (χ0) is 17.6. The molecule has 2 aromatic rings. The Labute approximate surface area is 146 Å². The maximum Gasteiger partial charge on any atom is 0.254 e. The molecule has 0 aromatic heterocycles. The molecule has 2 aromatic carbocycles. The Hall–Kier alpha value is -2.82. The number of carbonyl (C=O) groups is 2. The monoisotopic (exact) mass is 336 g/mol. The van der Waals surface area contributed by atoms with E-state index >= 15 is 0 Å². The summed E-state index contributed by atoms with van der Waals surface area (Å²) in [4.78, 5) is 26.4. The summed E-state index contributed by atoms with van der Waals surface area (Å²) in [6.45, 7) is 5.04. The molecule has 2 amide bonds. The minimum Gasteiger partial charge on any atom is -0.490 e. The van der Waals surface area contributed by atoms with E-state index in [1.807, 2.05) is 50.2 Å². The number of nitrogens with zero attached hydrogens (tertiary/aromatic N) is 1. The number of amides is 2. The Morgan fingerprint density at radius 2 is 2.04 bits per heavy atom. The Kier molecular flexibility index (Phi) is 3.71. The van der Waals surface area contributed by atoms with E-state index in [-0.39, 0.29) is 24.4 Å². The van der Waals surface area contributed by atoms with Gasteiger partial charge in [-0.2, -0.15) is 0 Å². The molecule has 0 spiro atoms. The fraction of sp³-hybridized carbons (Fsp3) is 0.300. The van der Waals surface area contributed by atoms with Gasteiger partial charge in [0.15, 0.2) is 0 Å². The summed E-state index contributed by atoms with van der Waals surface area (Å²) < 4.78 is 5.77. The van der Waals surface area contributed by atoms with Crippen molar-refractivity contribution in [2.45, 2.75) is 26.4 Å². The van der Waals surface area contributed by atoms with Crippen LogP contribution < -0.4 is 10.1 Å². The normalized spacial score (nSPS) is 17.9. The van der Waals surface area contributed by atoms with Gasteiger partial charge in [-0.25, -0.2) is 0 Å². The molecular weight excluding hydrogens is 316 g/mol.